The van der Waals surface area contributed by atoms with Crippen LogP contribution in [0.5, 0.6) is 0 Å². The van der Waals surface area contributed by atoms with Crippen LogP contribution in [0, 0.1) is 0 Å². The highest BCUT2D eigenvalue weighted by Gasteiger charge is 2.21. The minimum atomic E-state index is -3.22. The van der Waals surface area contributed by atoms with Gasteiger partial charge in [-0.3, -0.25) is 0 Å². The summed E-state index contributed by atoms with van der Waals surface area (Å²) in [5, 5.41) is -0.531. The van der Waals surface area contributed by atoms with Gasteiger partial charge in [0.25, 0.3) is 0 Å². The number of hydrogen-bond donors (Lipinski definition) is 0. The number of alkyl halides is 1. The molecule has 0 N–H and O–H groups in total. The highest BCUT2D eigenvalue weighted by atomic mass is 35.5. The third-order valence-electron chi connectivity index (χ3n) is 1.82. The van der Waals surface area contributed by atoms with Crippen LogP contribution in [-0.2, 0) is 9.84 Å². The van der Waals surface area contributed by atoms with Gasteiger partial charge in [-0.25, -0.2) is 8.42 Å². The average Bonchev–Trinajstić information content (AvgIpc) is 2.18. The smallest absolute Gasteiger partial charge is 0.182 e. The van der Waals surface area contributed by atoms with Crippen LogP contribution >= 0.6 is 11.6 Å². The first kappa shape index (κ1) is 10.5. The Bertz CT molecular complexity index is 358. The van der Waals surface area contributed by atoms with Crippen LogP contribution in [0.4, 0.5) is 0 Å². The molecule has 0 aliphatic rings. The molecule has 2 nitrogen and oxygen atoms in total. The summed E-state index contributed by atoms with van der Waals surface area (Å²) in [6.45, 7) is 1.61. The molecular formula is C9H11ClO2S. The first-order valence-electron chi connectivity index (χ1n) is 3.94. The predicted molar refractivity (Wildman–Crippen MR) is 53.8 cm³/mol. The Labute approximate surface area is 83.5 Å². The zero-order chi connectivity index (χ0) is 9.90. The summed E-state index contributed by atoms with van der Waals surface area (Å²) in [6, 6.07) is 8.35. The molecule has 1 aromatic carbocycles. The lowest BCUT2D eigenvalue weighted by atomic mass is 10.4. The topological polar surface area (TPSA) is 34.1 Å². The van der Waals surface area contributed by atoms with Crippen molar-refractivity contribution in [1.29, 1.82) is 0 Å². The summed E-state index contributed by atoms with van der Waals surface area (Å²) in [7, 11) is -3.22. The van der Waals surface area contributed by atoms with Gasteiger partial charge in [0.15, 0.2) is 9.84 Å². The third kappa shape index (κ3) is 2.23. The van der Waals surface area contributed by atoms with Crippen LogP contribution < -0.4 is 0 Å². The lowest BCUT2D eigenvalue weighted by Crippen LogP contribution is -2.19. The minimum absolute atomic E-state index is 0.122. The van der Waals surface area contributed by atoms with Crippen LogP contribution in [0.15, 0.2) is 35.2 Å². The van der Waals surface area contributed by atoms with Crippen molar-refractivity contribution < 1.29 is 8.42 Å². The molecule has 1 rings (SSSR count). The van der Waals surface area contributed by atoms with E-state index >= 15 is 0 Å². The summed E-state index contributed by atoms with van der Waals surface area (Å²) in [5.41, 5.74) is 0. The fourth-order valence-electron chi connectivity index (χ4n) is 0.925. The Balaban J connectivity index is 3.09. The van der Waals surface area contributed by atoms with Crippen LogP contribution in [0.3, 0.4) is 0 Å². The molecule has 4 heteroatoms. The van der Waals surface area contributed by atoms with Gasteiger partial charge in [0.05, 0.1) is 10.1 Å². The molecule has 0 aliphatic heterocycles. The largest absolute Gasteiger partial charge is 0.223 e. The van der Waals surface area contributed by atoms with Crippen molar-refractivity contribution in [2.45, 2.75) is 17.1 Å². The van der Waals surface area contributed by atoms with Crippen LogP contribution in [-0.4, -0.2) is 19.5 Å². The first-order chi connectivity index (χ1) is 6.09. The molecule has 0 heterocycles. The Kier molecular flexibility index (Phi) is 3.33. The SMILES string of the molecule is C[C@@H](CCl)S(=O)(=O)c1ccccc1. The maximum atomic E-state index is 11.7. The molecule has 0 aliphatic carbocycles. The van der Waals surface area contributed by atoms with E-state index in [1.807, 2.05) is 0 Å². The normalized spacial score (nSPS) is 14.0. The van der Waals surface area contributed by atoms with E-state index in [4.69, 9.17) is 11.6 Å². The number of hydrogen-bond acceptors (Lipinski definition) is 2. The fourth-order valence-corrected chi connectivity index (χ4v) is 2.59. The maximum Gasteiger partial charge on any atom is 0.182 e. The molecule has 72 valence electrons. The van der Waals surface area contributed by atoms with Crippen molar-refractivity contribution in [3.63, 3.8) is 0 Å². The fraction of sp³-hybridized carbons (Fsp3) is 0.333. The highest BCUT2D eigenvalue weighted by Crippen LogP contribution is 2.15. The van der Waals surface area contributed by atoms with Crippen molar-refractivity contribution in [3.05, 3.63) is 30.3 Å². The summed E-state index contributed by atoms with van der Waals surface area (Å²) < 4.78 is 23.4. The van der Waals surface area contributed by atoms with E-state index in [0.29, 0.717) is 4.90 Å². The van der Waals surface area contributed by atoms with Gasteiger partial charge < -0.3 is 0 Å². The van der Waals surface area contributed by atoms with Crippen molar-refractivity contribution in [1.82, 2.24) is 0 Å². The van der Waals surface area contributed by atoms with Crippen LogP contribution in [0.25, 0.3) is 0 Å². The van der Waals surface area contributed by atoms with E-state index in [2.05, 4.69) is 0 Å². The molecule has 1 atom stereocenters. The molecule has 1 aromatic rings. The summed E-state index contributed by atoms with van der Waals surface area (Å²) in [4.78, 5) is 0.336. The van der Waals surface area contributed by atoms with Crippen molar-refractivity contribution >= 4 is 21.4 Å². The molecule has 0 fully saturated rings. The Morgan fingerprint density at radius 3 is 2.31 bits per heavy atom. The Morgan fingerprint density at radius 1 is 1.31 bits per heavy atom. The van der Waals surface area contributed by atoms with Crippen molar-refractivity contribution in [2.24, 2.45) is 0 Å². The second kappa shape index (κ2) is 4.11. The molecule has 0 amide bonds. The molecule has 0 radical (unpaired) electrons. The zero-order valence-electron chi connectivity index (χ0n) is 7.27. The second-order valence-corrected chi connectivity index (χ2v) is 5.50. The zero-order valence-corrected chi connectivity index (χ0v) is 8.85. The number of sulfone groups is 1. The maximum absolute atomic E-state index is 11.7. The van der Waals surface area contributed by atoms with Gasteiger partial charge in [-0.15, -0.1) is 11.6 Å². The van der Waals surface area contributed by atoms with E-state index in [1.165, 1.54) is 0 Å². The molecular weight excluding hydrogens is 208 g/mol. The first-order valence-corrected chi connectivity index (χ1v) is 6.02. The average molecular weight is 219 g/mol. The second-order valence-electron chi connectivity index (χ2n) is 2.82. The predicted octanol–water partition coefficient (Wildman–Crippen LogP) is 2.09. The molecule has 0 aromatic heterocycles. The van der Waals surface area contributed by atoms with E-state index in [0.717, 1.165) is 0 Å². The monoisotopic (exact) mass is 218 g/mol. The van der Waals surface area contributed by atoms with E-state index in [-0.39, 0.29) is 5.88 Å². The van der Waals surface area contributed by atoms with Crippen molar-refractivity contribution in [2.75, 3.05) is 5.88 Å². The van der Waals surface area contributed by atoms with E-state index < -0.39 is 15.1 Å². The van der Waals surface area contributed by atoms with Gasteiger partial charge in [0.2, 0.25) is 0 Å². The molecule has 0 saturated heterocycles. The van der Waals surface area contributed by atoms with Gasteiger partial charge in [-0.2, -0.15) is 0 Å². The molecule has 0 unspecified atom stereocenters. The van der Waals surface area contributed by atoms with Crippen LogP contribution in [0.1, 0.15) is 6.92 Å². The third-order valence-corrected chi connectivity index (χ3v) is 4.62. The number of benzene rings is 1. The summed E-state index contributed by atoms with van der Waals surface area (Å²) in [5.74, 6) is 0.122. The van der Waals surface area contributed by atoms with Gasteiger partial charge in [0.1, 0.15) is 0 Å². The lowest BCUT2D eigenvalue weighted by Gasteiger charge is -2.08. The molecule has 0 spiro atoms. The van der Waals surface area contributed by atoms with Gasteiger partial charge in [-0.1, -0.05) is 18.2 Å². The van der Waals surface area contributed by atoms with E-state index in [1.54, 1.807) is 37.3 Å². The lowest BCUT2D eigenvalue weighted by molar-refractivity contribution is 0.588. The van der Waals surface area contributed by atoms with Crippen molar-refractivity contribution in [3.8, 4) is 0 Å². The molecule has 0 saturated carbocycles. The van der Waals surface area contributed by atoms with E-state index in [9.17, 15) is 8.42 Å². The minimum Gasteiger partial charge on any atom is -0.223 e. The molecule has 13 heavy (non-hydrogen) atoms. The summed E-state index contributed by atoms with van der Waals surface area (Å²) >= 11 is 5.51. The molecule has 0 bridgehead atoms. The summed E-state index contributed by atoms with van der Waals surface area (Å²) in [6.07, 6.45) is 0. The highest BCUT2D eigenvalue weighted by molar-refractivity contribution is 7.92. The van der Waals surface area contributed by atoms with Crippen LogP contribution in [0.2, 0.25) is 0 Å². The Hall–Kier alpha value is -0.540. The van der Waals surface area contributed by atoms with Gasteiger partial charge >= 0.3 is 0 Å². The number of rotatable bonds is 3. The van der Waals surface area contributed by atoms with Gasteiger partial charge in [0, 0.05) is 5.88 Å². The standard InChI is InChI=1S/C9H11ClO2S/c1-8(7-10)13(11,12)9-5-3-2-4-6-9/h2-6,8H,7H2,1H3/t8-/m0/s1. The quantitative estimate of drug-likeness (QED) is 0.729. The number of halogens is 1. The van der Waals surface area contributed by atoms with Gasteiger partial charge in [-0.05, 0) is 19.1 Å². The Morgan fingerprint density at radius 2 is 1.85 bits per heavy atom.